The molecule has 0 aliphatic rings. The van der Waals surface area contributed by atoms with Crippen molar-refractivity contribution in [3.05, 3.63) is 54.1 Å². The van der Waals surface area contributed by atoms with Gasteiger partial charge in [-0.2, -0.15) is 0 Å². The van der Waals surface area contributed by atoms with Crippen molar-refractivity contribution in [2.75, 3.05) is 0 Å². The third-order valence-electron chi connectivity index (χ3n) is 2.11. The number of carbonyl (C=O) groups is 1. The summed E-state index contributed by atoms with van der Waals surface area (Å²) >= 11 is 0. The Hall–Kier alpha value is -1.43. The first-order valence-electron chi connectivity index (χ1n) is 4.95. The van der Waals surface area contributed by atoms with Gasteiger partial charge in [-0.05, 0) is 29.8 Å². The van der Waals surface area contributed by atoms with Crippen LogP contribution >= 0.6 is 0 Å². The van der Waals surface area contributed by atoms with Crippen LogP contribution in [0.2, 0.25) is 0 Å². The van der Waals surface area contributed by atoms with Gasteiger partial charge in [-0.25, -0.2) is 0 Å². The van der Waals surface area contributed by atoms with Crippen LogP contribution in [0.4, 0.5) is 0 Å². The molecule has 0 saturated carbocycles. The van der Waals surface area contributed by atoms with E-state index in [0.717, 1.165) is 5.56 Å². The second-order valence-electron chi connectivity index (χ2n) is 3.28. The van der Waals surface area contributed by atoms with E-state index in [4.69, 9.17) is 4.74 Å². The molecular formula is C12H9N2NaO3. The maximum atomic E-state index is 10.8. The van der Waals surface area contributed by atoms with Crippen LogP contribution in [-0.4, -0.2) is 15.9 Å². The van der Waals surface area contributed by atoms with Crippen molar-refractivity contribution in [1.82, 2.24) is 9.97 Å². The zero-order chi connectivity index (χ0) is 12.1. The molecule has 0 aromatic carbocycles. The predicted molar refractivity (Wildman–Crippen MR) is 57.1 cm³/mol. The molecule has 0 saturated heterocycles. The first-order chi connectivity index (χ1) is 8.27. The summed E-state index contributed by atoms with van der Waals surface area (Å²) in [5.74, 6) is -1.15. The van der Waals surface area contributed by atoms with E-state index in [9.17, 15) is 9.90 Å². The normalized spacial score (nSPS) is 9.33. The number of ether oxygens (including phenoxy) is 1. The van der Waals surface area contributed by atoms with Crippen molar-refractivity contribution in [3.63, 3.8) is 0 Å². The van der Waals surface area contributed by atoms with Crippen LogP contribution in [0.5, 0.6) is 5.75 Å². The van der Waals surface area contributed by atoms with E-state index in [1.54, 1.807) is 36.7 Å². The van der Waals surface area contributed by atoms with Crippen molar-refractivity contribution in [2.45, 2.75) is 6.61 Å². The van der Waals surface area contributed by atoms with E-state index in [0.29, 0.717) is 0 Å². The molecule has 2 heterocycles. The molecule has 0 radical (unpaired) electrons. The summed E-state index contributed by atoms with van der Waals surface area (Å²) in [5.41, 5.74) is 0.703. The third-order valence-corrected chi connectivity index (χ3v) is 2.11. The number of hydrogen-bond acceptors (Lipinski definition) is 5. The summed E-state index contributed by atoms with van der Waals surface area (Å²) < 4.78 is 5.37. The molecule has 86 valence electrons. The number of rotatable bonds is 4. The fourth-order valence-electron chi connectivity index (χ4n) is 1.30. The maximum absolute atomic E-state index is 10.8. The molecule has 2 rings (SSSR count). The van der Waals surface area contributed by atoms with Gasteiger partial charge in [-0.15, -0.1) is 0 Å². The van der Waals surface area contributed by atoms with Crippen LogP contribution in [0, 0.1) is 0 Å². The molecule has 2 aromatic heterocycles. The zero-order valence-electron chi connectivity index (χ0n) is 9.87. The Morgan fingerprint density at radius 2 is 1.94 bits per heavy atom. The molecule has 0 N–H and O–H groups in total. The molecule has 2 aromatic rings. The summed E-state index contributed by atoms with van der Waals surface area (Å²) in [6.07, 6.45) is 4.66. The van der Waals surface area contributed by atoms with Crippen molar-refractivity contribution in [2.24, 2.45) is 0 Å². The van der Waals surface area contributed by atoms with Crippen molar-refractivity contribution < 1.29 is 44.2 Å². The van der Waals surface area contributed by atoms with Gasteiger partial charge in [0.1, 0.15) is 18.1 Å². The van der Waals surface area contributed by atoms with Crippen molar-refractivity contribution in [1.29, 1.82) is 0 Å². The molecule has 5 nitrogen and oxygen atoms in total. The van der Waals surface area contributed by atoms with Gasteiger partial charge < -0.3 is 14.6 Å². The van der Waals surface area contributed by atoms with E-state index in [2.05, 4.69) is 9.97 Å². The average molecular weight is 252 g/mol. The Labute approximate surface area is 126 Å². The standard InChI is InChI=1S/C12H10N2O3.Na/c15-12(16)11-10(2-1-5-14-11)17-8-9-3-6-13-7-4-9;/h1-7H,8H2,(H,15,16);/q;+1/p-1. The Balaban J connectivity index is 0.00000162. The van der Waals surface area contributed by atoms with E-state index >= 15 is 0 Å². The molecule has 0 amide bonds. The fourth-order valence-corrected chi connectivity index (χ4v) is 1.30. The molecule has 0 unspecified atom stereocenters. The summed E-state index contributed by atoms with van der Waals surface area (Å²) in [7, 11) is 0. The Kier molecular flexibility index (Phi) is 5.77. The minimum Gasteiger partial charge on any atom is -0.543 e. The van der Waals surface area contributed by atoms with E-state index in [1.165, 1.54) is 6.20 Å². The molecule has 0 atom stereocenters. The second-order valence-corrected chi connectivity index (χ2v) is 3.28. The second kappa shape index (κ2) is 7.10. The molecule has 0 aliphatic carbocycles. The molecule has 6 heteroatoms. The molecule has 0 aliphatic heterocycles. The van der Waals surface area contributed by atoms with Gasteiger partial charge in [0.15, 0.2) is 0 Å². The molecule has 0 fully saturated rings. The molecular weight excluding hydrogens is 243 g/mol. The SMILES string of the molecule is O=C([O-])c1ncccc1OCc1ccncc1.[Na+]. The number of carbonyl (C=O) groups excluding carboxylic acids is 1. The van der Waals surface area contributed by atoms with Crippen LogP contribution in [0.1, 0.15) is 16.1 Å². The van der Waals surface area contributed by atoms with Crippen LogP contribution < -0.4 is 39.4 Å². The van der Waals surface area contributed by atoms with Gasteiger partial charge in [0, 0.05) is 18.6 Å². The maximum Gasteiger partial charge on any atom is 1.00 e. The topological polar surface area (TPSA) is 75.1 Å². The van der Waals surface area contributed by atoms with Gasteiger partial charge in [0.2, 0.25) is 0 Å². The fraction of sp³-hybridized carbons (Fsp3) is 0.0833. The van der Waals surface area contributed by atoms with E-state index < -0.39 is 5.97 Å². The van der Waals surface area contributed by atoms with Gasteiger partial charge in [0.05, 0.1) is 5.97 Å². The van der Waals surface area contributed by atoms with Crippen molar-refractivity contribution >= 4 is 5.97 Å². The predicted octanol–water partition coefficient (Wildman–Crippen LogP) is -2.58. The molecule has 18 heavy (non-hydrogen) atoms. The summed E-state index contributed by atoms with van der Waals surface area (Å²) in [6, 6.07) is 6.72. The minimum atomic E-state index is -1.35. The Morgan fingerprint density at radius 3 is 2.61 bits per heavy atom. The largest absolute Gasteiger partial charge is 1.00 e. The van der Waals surface area contributed by atoms with Crippen molar-refractivity contribution in [3.8, 4) is 5.75 Å². The van der Waals surface area contributed by atoms with E-state index in [1.807, 2.05) is 0 Å². The number of nitrogens with zero attached hydrogens (tertiary/aromatic N) is 2. The van der Waals surface area contributed by atoms with Gasteiger partial charge >= 0.3 is 29.6 Å². The zero-order valence-corrected chi connectivity index (χ0v) is 11.9. The summed E-state index contributed by atoms with van der Waals surface area (Å²) in [5, 5.41) is 10.8. The van der Waals surface area contributed by atoms with Gasteiger partial charge in [-0.3, -0.25) is 9.97 Å². The Morgan fingerprint density at radius 1 is 1.22 bits per heavy atom. The number of carboxylic acid groups (broad SMARTS) is 1. The quantitative estimate of drug-likeness (QED) is 0.559. The first kappa shape index (κ1) is 14.6. The van der Waals surface area contributed by atoms with Crippen LogP contribution in [-0.2, 0) is 6.61 Å². The molecule has 0 bridgehead atoms. The number of pyridine rings is 2. The number of carboxylic acids is 1. The average Bonchev–Trinajstić information content (AvgIpc) is 2.38. The van der Waals surface area contributed by atoms with Crippen LogP contribution in [0.25, 0.3) is 0 Å². The van der Waals surface area contributed by atoms with Crippen LogP contribution in [0.3, 0.4) is 0 Å². The summed E-state index contributed by atoms with van der Waals surface area (Å²) in [6.45, 7) is 0.258. The minimum absolute atomic E-state index is 0. The first-order valence-corrected chi connectivity index (χ1v) is 4.95. The van der Waals surface area contributed by atoms with Crippen LogP contribution in [0.15, 0.2) is 42.9 Å². The van der Waals surface area contributed by atoms with Gasteiger partial charge in [-0.1, -0.05) is 0 Å². The molecule has 0 spiro atoms. The Bertz CT molecular complexity index is 520. The number of aromatic nitrogens is 2. The number of hydrogen-bond donors (Lipinski definition) is 0. The van der Waals surface area contributed by atoms with E-state index in [-0.39, 0.29) is 47.6 Å². The smallest absolute Gasteiger partial charge is 0.543 e. The monoisotopic (exact) mass is 252 g/mol. The number of aromatic carboxylic acids is 1. The van der Waals surface area contributed by atoms with Gasteiger partial charge in [0.25, 0.3) is 0 Å². The summed E-state index contributed by atoms with van der Waals surface area (Å²) in [4.78, 5) is 18.3. The third kappa shape index (κ3) is 3.80.